The lowest BCUT2D eigenvalue weighted by molar-refractivity contribution is -0.119. The monoisotopic (exact) mass is 289 g/mol. The molecule has 0 atom stereocenters. The minimum Gasteiger partial charge on any atom is -0.376 e. The second-order valence-corrected chi connectivity index (χ2v) is 5.17. The molecule has 0 fully saturated rings. The first-order chi connectivity index (χ1) is 10.0. The maximum Gasteiger partial charge on any atom is 0.239 e. The smallest absolute Gasteiger partial charge is 0.239 e. The first kappa shape index (κ1) is 16.8. The van der Waals surface area contributed by atoms with Gasteiger partial charge < -0.3 is 16.0 Å². The van der Waals surface area contributed by atoms with Gasteiger partial charge in [0.25, 0.3) is 0 Å². The van der Waals surface area contributed by atoms with E-state index in [2.05, 4.69) is 22.5 Å². The molecule has 21 heavy (non-hydrogen) atoms. The third-order valence-electron chi connectivity index (χ3n) is 2.66. The van der Waals surface area contributed by atoms with Crippen LogP contribution in [0.15, 0.2) is 36.9 Å². The third-order valence-corrected chi connectivity index (χ3v) is 2.66. The summed E-state index contributed by atoms with van der Waals surface area (Å²) in [5, 5.41) is 8.52. The van der Waals surface area contributed by atoms with E-state index in [9.17, 15) is 9.59 Å². The molecule has 5 heteroatoms. The molecule has 1 rings (SSSR count). The zero-order valence-corrected chi connectivity index (χ0v) is 12.6. The Morgan fingerprint density at radius 3 is 2.33 bits per heavy atom. The summed E-state index contributed by atoms with van der Waals surface area (Å²) in [4.78, 5) is 23.0. The standard InChI is InChI=1S/C16H23N3O2/c1-4-9-17-16(21)11-18-13-5-7-14(8-6-13)19-15(20)10-12(2)3/h4-8,12,18H,1,9-11H2,2-3H3,(H,17,21)(H,19,20). The fourth-order valence-corrected chi connectivity index (χ4v) is 1.69. The van der Waals surface area contributed by atoms with Crippen molar-refractivity contribution in [3.63, 3.8) is 0 Å². The highest BCUT2D eigenvalue weighted by Gasteiger charge is 2.05. The van der Waals surface area contributed by atoms with Crippen molar-refractivity contribution in [1.82, 2.24) is 5.32 Å². The van der Waals surface area contributed by atoms with Crippen molar-refractivity contribution in [3.05, 3.63) is 36.9 Å². The Bertz CT molecular complexity index is 481. The van der Waals surface area contributed by atoms with E-state index in [1.54, 1.807) is 6.08 Å². The van der Waals surface area contributed by atoms with Crippen LogP contribution in [0.25, 0.3) is 0 Å². The third kappa shape index (κ3) is 7.15. The Balaban J connectivity index is 2.41. The molecule has 0 saturated carbocycles. The average Bonchev–Trinajstić information content (AvgIpc) is 2.43. The van der Waals surface area contributed by atoms with E-state index in [4.69, 9.17) is 0 Å². The van der Waals surface area contributed by atoms with Crippen molar-refractivity contribution >= 4 is 23.2 Å². The van der Waals surface area contributed by atoms with Crippen LogP contribution < -0.4 is 16.0 Å². The summed E-state index contributed by atoms with van der Waals surface area (Å²) >= 11 is 0. The average molecular weight is 289 g/mol. The summed E-state index contributed by atoms with van der Waals surface area (Å²) in [6.07, 6.45) is 2.13. The number of benzene rings is 1. The number of anilines is 2. The minimum absolute atomic E-state index is 0.00881. The number of hydrogen-bond acceptors (Lipinski definition) is 3. The van der Waals surface area contributed by atoms with E-state index in [-0.39, 0.29) is 18.4 Å². The van der Waals surface area contributed by atoms with Crippen molar-refractivity contribution in [2.24, 2.45) is 5.92 Å². The van der Waals surface area contributed by atoms with Crippen LogP contribution in [0.3, 0.4) is 0 Å². The lowest BCUT2D eigenvalue weighted by atomic mass is 10.1. The second kappa shape index (κ2) is 8.79. The SMILES string of the molecule is C=CCNC(=O)CNc1ccc(NC(=O)CC(C)C)cc1. The highest BCUT2D eigenvalue weighted by molar-refractivity contribution is 5.91. The molecule has 0 heterocycles. The van der Waals surface area contributed by atoms with Gasteiger partial charge in [-0.25, -0.2) is 0 Å². The zero-order valence-electron chi connectivity index (χ0n) is 12.6. The van der Waals surface area contributed by atoms with Crippen LogP contribution >= 0.6 is 0 Å². The molecule has 0 unspecified atom stereocenters. The van der Waals surface area contributed by atoms with E-state index in [1.165, 1.54) is 0 Å². The quantitative estimate of drug-likeness (QED) is 0.644. The molecule has 3 N–H and O–H groups in total. The van der Waals surface area contributed by atoms with Crippen molar-refractivity contribution in [2.45, 2.75) is 20.3 Å². The molecule has 5 nitrogen and oxygen atoms in total. The van der Waals surface area contributed by atoms with Gasteiger partial charge in [0.1, 0.15) is 0 Å². The van der Waals surface area contributed by atoms with Crippen molar-refractivity contribution in [3.8, 4) is 0 Å². The molecule has 0 bridgehead atoms. The highest BCUT2D eigenvalue weighted by atomic mass is 16.2. The maximum atomic E-state index is 11.6. The molecule has 1 aromatic carbocycles. The van der Waals surface area contributed by atoms with Crippen molar-refractivity contribution in [2.75, 3.05) is 23.7 Å². The lowest BCUT2D eigenvalue weighted by Gasteiger charge is -2.09. The molecule has 0 saturated heterocycles. The number of carbonyl (C=O) groups is 2. The number of hydrogen-bond donors (Lipinski definition) is 3. The van der Waals surface area contributed by atoms with Gasteiger partial charge in [-0.2, -0.15) is 0 Å². The number of rotatable bonds is 8. The predicted molar refractivity (Wildman–Crippen MR) is 86.2 cm³/mol. The summed E-state index contributed by atoms with van der Waals surface area (Å²) in [6.45, 7) is 8.20. The normalized spacial score (nSPS) is 10.0. The molecule has 0 spiro atoms. The Morgan fingerprint density at radius 1 is 1.14 bits per heavy atom. The van der Waals surface area contributed by atoms with E-state index < -0.39 is 0 Å². The molecular formula is C16H23N3O2. The molecule has 0 aliphatic heterocycles. The topological polar surface area (TPSA) is 70.2 Å². The molecule has 0 aliphatic carbocycles. The van der Waals surface area contributed by atoms with Gasteiger partial charge in [0.2, 0.25) is 11.8 Å². The van der Waals surface area contributed by atoms with Crippen LogP contribution in [0.2, 0.25) is 0 Å². The first-order valence-electron chi connectivity index (χ1n) is 7.02. The summed E-state index contributed by atoms with van der Waals surface area (Å²) < 4.78 is 0. The Kier molecular flexibility index (Phi) is 7.01. The van der Waals surface area contributed by atoms with Crippen LogP contribution in [0.5, 0.6) is 0 Å². The molecule has 0 radical (unpaired) electrons. The number of amides is 2. The predicted octanol–water partition coefficient (Wildman–Crippen LogP) is 2.39. The van der Waals surface area contributed by atoms with Crippen LogP contribution in [0.4, 0.5) is 11.4 Å². The van der Waals surface area contributed by atoms with Gasteiger partial charge in [-0.1, -0.05) is 19.9 Å². The van der Waals surface area contributed by atoms with Gasteiger partial charge in [0.15, 0.2) is 0 Å². The Morgan fingerprint density at radius 2 is 1.76 bits per heavy atom. The first-order valence-corrected chi connectivity index (χ1v) is 7.02. The highest BCUT2D eigenvalue weighted by Crippen LogP contribution is 2.14. The zero-order chi connectivity index (χ0) is 15.7. The largest absolute Gasteiger partial charge is 0.376 e. The van der Waals surface area contributed by atoms with Crippen molar-refractivity contribution < 1.29 is 9.59 Å². The van der Waals surface area contributed by atoms with Crippen LogP contribution in [0, 0.1) is 5.92 Å². The lowest BCUT2D eigenvalue weighted by Crippen LogP contribution is -2.29. The summed E-state index contributed by atoms with van der Waals surface area (Å²) in [7, 11) is 0. The van der Waals surface area contributed by atoms with E-state index in [0.29, 0.717) is 18.9 Å². The van der Waals surface area contributed by atoms with Gasteiger partial charge in [-0.3, -0.25) is 9.59 Å². The second-order valence-electron chi connectivity index (χ2n) is 5.17. The Labute approximate surface area is 125 Å². The van der Waals surface area contributed by atoms with Gasteiger partial charge in [-0.05, 0) is 30.2 Å². The van der Waals surface area contributed by atoms with Crippen molar-refractivity contribution in [1.29, 1.82) is 0 Å². The van der Waals surface area contributed by atoms with Gasteiger partial charge in [0, 0.05) is 24.3 Å². The summed E-state index contributed by atoms with van der Waals surface area (Å²) in [6, 6.07) is 7.27. The van der Waals surface area contributed by atoms with Gasteiger partial charge >= 0.3 is 0 Å². The van der Waals surface area contributed by atoms with Gasteiger partial charge in [-0.15, -0.1) is 6.58 Å². The molecule has 1 aromatic rings. The molecule has 0 aliphatic rings. The van der Waals surface area contributed by atoms with E-state index in [0.717, 1.165) is 11.4 Å². The summed E-state index contributed by atoms with van der Waals surface area (Å²) in [5.74, 6) is 0.249. The molecular weight excluding hydrogens is 266 g/mol. The number of carbonyl (C=O) groups excluding carboxylic acids is 2. The van der Waals surface area contributed by atoms with Gasteiger partial charge in [0.05, 0.1) is 6.54 Å². The summed E-state index contributed by atoms with van der Waals surface area (Å²) in [5.41, 5.74) is 1.58. The van der Waals surface area contributed by atoms with Crippen LogP contribution in [-0.2, 0) is 9.59 Å². The van der Waals surface area contributed by atoms with E-state index >= 15 is 0 Å². The maximum absolute atomic E-state index is 11.6. The van der Waals surface area contributed by atoms with Crippen LogP contribution in [-0.4, -0.2) is 24.9 Å². The molecule has 114 valence electrons. The fraction of sp³-hybridized carbons (Fsp3) is 0.375. The molecule has 2 amide bonds. The fourth-order valence-electron chi connectivity index (χ4n) is 1.69. The minimum atomic E-state index is -0.0933. The Hall–Kier alpha value is -2.30. The van der Waals surface area contributed by atoms with E-state index in [1.807, 2.05) is 38.1 Å². The molecule has 0 aromatic heterocycles. The van der Waals surface area contributed by atoms with Crippen LogP contribution in [0.1, 0.15) is 20.3 Å². The number of nitrogens with one attached hydrogen (secondary N) is 3.